The second kappa shape index (κ2) is 8.47. The van der Waals surface area contributed by atoms with Crippen LogP contribution in [0.4, 0.5) is 0 Å². The molecule has 2 aromatic carbocycles. The molecule has 120 valence electrons. The van der Waals surface area contributed by atoms with Crippen molar-refractivity contribution in [2.24, 2.45) is 5.10 Å². The van der Waals surface area contributed by atoms with Crippen LogP contribution in [0.1, 0.15) is 5.56 Å². The van der Waals surface area contributed by atoms with E-state index >= 15 is 0 Å². The Morgan fingerprint density at radius 3 is 2.39 bits per heavy atom. The SMILES string of the molecule is O=C(COc1ccc(Br)cc1)N/N=C\c1cc(Br)c(O)c(Br)c1. The number of amides is 1. The second-order valence-corrected chi connectivity index (χ2v) is 6.99. The number of benzene rings is 2. The van der Waals surface area contributed by atoms with E-state index in [1.807, 2.05) is 12.1 Å². The number of aromatic hydroxyl groups is 1. The van der Waals surface area contributed by atoms with Crippen molar-refractivity contribution < 1.29 is 14.6 Å². The van der Waals surface area contributed by atoms with Crippen LogP contribution in [0.3, 0.4) is 0 Å². The van der Waals surface area contributed by atoms with E-state index in [4.69, 9.17) is 4.74 Å². The van der Waals surface area contributed by atoms with E-state index < -0.39 is 0 Å². The van der Waals surface area contributed by atoms with Crippen molar-refractivity contribution in [2.75, 3.05) is 6.61 Å². The summed E-state index contributed by atoms with van der Waals surface area (Å²) in [6.45, 7) is -0.137. The summed E-state index contributed by atoms with van der Waals surface area (Å²) in [6.07, 6.45) is 1.46. The Hall–Kier alpha value is -1.38. The maximum Gasteiger partial charge on any atom is 0.277 e. The molecule has 2 N–H and O–H groups in total. The smallest absolute Gasteiger partial charge is 0.277 e. The van der Waals surface area contributed by atoms with Gasteiger partial charge in [0.2, 0.25) is 0 Å². The molecule has 2 aromatic rings. The largest absolute Gasteiger partial charge is 0.506 e. The van der Waals surface area contributed by atoms with Gasteiger partial charge in [-0.1, -0.05) is 15.9 Å². The Kier molecular flexibility index (Phi) is 6.61. The summed E-state index contributed by atoms with van der Waals surface area (Å²) in [6, 6.07) is 10.5. The number of carbonyl (C=O) groups is 1. The van der Waals surface area contributed by atoms with Gasteiger partial charge < -0.3 is 9.84 Å². The third-order valence-corrected chi connectivity index (χ3v) is 4.36. The summed E-state index contributed by atoms with van der Waals surface area (Å²) in [5.41, 5.74) is 3.07. The van der Waals surface area contributed by atoms with Crippen molar-refractivity contribution in [3.8, 4) is 11.5 Å². The molecule has 0 heterocycles. The Bertz CT molecular complexity index is 710. The van der Waals surface area contributed by atoms with E-state index in [2.05, 4.69) is 58.3 Å². The predicted molar refractivity (Wildman–Crippen MR) is 98.9 cm³/mol. The van der Waals surface area contributed by atoms with E-state index in [0.717, 1.165) is 4.47 Å². The fourth-order valence-electron chi connectivity index (χ4n) is 1.55. The number of hydrazone groups is 1. The van der Waals surface area contributed by atoms with Gasteiger partial charge in [-0.25, -0.2) is 5.43 Å². The van der Waals surface area contributed by atoms with Gasteiger partial charge in [0.05, 0.1) is 15.2 Å². The Labute approximate surface area is 158 Å². The number of hydrogen-bond acceptors (Lipinski definition) is 4. The minimum atomic E-state index is -0.374. The van der Waals surface area contributed by atoms with Crippen molar-refractivity contribution in [2.45, 2.75) is 0 Å². The molecule has 0 aromatic heterocycles. The molecule has 0 unspecified atom stereocenters. The lowest BCUT2D eigenvalue weighted by atomic mass is 10.2. The molecule has 2 rings (SSSR count). The van der Waals surface area contributed by atoms with E-state index in [1.54, 1.807) is 24.3 Å². The molecule has 8 heteroatoms. The van der Waals surface area contributed by atoms with Gasteiger partial charge >= 0.3 is 0 Å². The van der Waals surface area contributed by atoms with Crippen molar-refractivity contribution in [3.05, 3.63) is 55.4 Å². The van der Waals surface area contributed by atoms with Crippen LogP contribution < -0.4 is 10.2 Å². The molecule has 0 aliphatic heterocycles. The molecule has 0 fully saturated rings. The minimum absolute atomic E-state index is 0.106. The standard InChI is InChI=1S/C15H11Br3N2O3/c16-10-1-3-11(4-2-10)23-8-14(21)20-19-7-9-5-12(17)15(22)13(18)6-9/h1-7,22H,8H2,(H,20,21)/b19-7-. The average molecular weight is 507 g/mol. The predicted octanol–water partition coefficient (Wildman–Crippen LogP) is 4.21. The van der Waals surface area contributed by atoms with Gasteiger partial charge in [-0.15, -0.1) is 0 Å². The second-order valence-electron chi connectivity index (χ2n) is 4.37. The van der Waals surface area contributed by atoms with E-state index in [1.165, 1.54) is 6.21 Å². The van der Waals surface area contributed by atoms with Gasteiger partial charge in [-0.3, -0.25) is 4.79 Å². The number of nitrogens with zero attached hydrogens (tertiary/aromatic N) is 1. The number of carbonyl (C=O) groups excluding carboxylic acids is 1. The Balaban J connectivity index is 1.85. The van der Waals surface area contributed by atoms with E-state index in [-0.39, 0.29) is 18.3 Å². The number of nitrogens with one attached hydrogen (secondary N) is 1. The lowest BCUT2D eigenvalue weighted by Crippen LogP contribution is -2.24. The van der Waals surface area contributed by atoms with Crippen LogP contribution in [0.2, 0.25) is 0 Å². The Morgan fingerprint density at radius 1 is 1.17 bits per heavy atom. The lowest BCUT2D eigenvalue weighted by molar-refractivity contribution is -0.123. The van der Waals surface area contributed by atoms with E-state index in [9.17, 15) is 9.90 Å². The summed E-state index contributed by atoms with van der Waals surface area (Å²) >= 11 is 9.76. The molecule has 1 amide bonds. The summed E-state index contributed by atoms with van der Waals surface area (Å²) < 4.78 is 7.31. The molecule has 23 heavy (non-hydrogen) atoms. The molecule has 0 atom stereocenters. The molecule has 0 spiro atoms. The third kappa shape index (κ3) is 5.63. The number of phenols is 1. The molecule has 0 radical (unpaired) electrons. The highest BCUT2D eigenvalue weighted by Gasteiger charge is 2.05. The van der Waals surface area contributed by atoms with Crippen LogP contribution >= 0.6 is 47.8 Å². The van der Waals surface area contributed by atoms with Crippen LogP contribution in [-0.2, 0) is 4.79 Å². The maximum absolute atomic E-state index is 11.6. The third-order valence-electron chi connectivity index (χ3n) is 2.63. The van der Waals surface area contributed by atoms with Crippen molar-refractivity contribution in [3.63, 3.8) is 0 Å². The molecule has 5 nitrogen and oxygen atoms in total. The number of rotatable bonds is 5. The molecule has 0 saturated carbocycles. The molecule has 0 saturated heterocycles. The quantitative estimate of drug-likeness (QED) is 0.471. The average Bonchev–Trinajstić information content (AvgIpc) is 2.52. The molecule has 0 aliphatic carbocycles. The minimum Gasteiger partial charge on any atom is -0.506 e. The lowest BCUT2D eigenvalue weighted by Gasteiger charge is -2.05. The first-order valence-corrected chi connectivity index (χ1v) is 8.72. The summed E-state index contributed by atoms with van der Waals surface area (Å²) in [5, 5.41) is 13.5. The van der Waals surface area contributed by atoms with Gasteiger partial charge in [0.15, 0.2) is 6.61 Å². The first kappa shape index (κ1) is 18.0. The number of hydrogen-bond donors (Lipinski definition) is 2. The fourth-order valence-corrected chi connectivity index (χ4v) is 3.04. The zero-order valence-corrected chi connectivity index (χ0v) is 16.4. The molecular formula is C15H11Br3N2O3. The van der Waals surface area contributed by atoms with E-state index in [0.29, 0.717) is 20.3 Å². The van der Waals surface area contributed by atoms with Gasteiger partial charge in [0.1, 0.15) is 11.5 Å². The van der Waals surface area contributed by atoms with Crippen LogP contribution in [0, 0.1) is 0 Å². The van der Waals surface area contributed by atoms with Gasteiger partial charge in [0, 0.05) is 4.47 Å². The van der Waals surface area contributed by atoms with Gasteiger partial charge in [0.25, 0.3) is 5.91 Å². The highest BCUT2D eigenvalue weighted by molar-refractivity contribution is 9.11. The summed E-state index contributed by atoms with van der Waals surface area (Å²) in [4.78, 5) is 11.6. The summed E-state index contributed by atoms with van der Waals surface area (Å²) in [5.74, 6) is 0.328. The van der Waals surface area contributed by atoms with Crippen molar-refractivity contribution >= 4 is 59.9 Å². The summed E-state index contributed by atoms with van der Waals surface area (Å²) in [7, 11) is 0. The van der Waals surface area contributed by atoms with Crippen molar-refractivity contribution in [1.29, 1.82) is 0 Å². The topological polar surface area (TPSA) is 70.9 Å². The Morgan fingerprint density at radius 2 is 1.78 bits per heavy atom. The molecular weight excluding hydrogens is 496 g/mol. The zero-order chi connectivity index (χ0) is 16.8. The first-order valence-electron chi connectivity index (χ1n) is 6.34. The van der Waals surface area contributed by atoms with Crippen LogP contribution in [0.25, 0.3) is 0 Å². The fraction of sp³-hybridized carbons (Fsp3) is 0.0667. The van der Waals surface area contributed by atoms with Crippen LogP contribution in [0.15, 0.2) is 54.9 Å². The first-order chi connectivity index (χ1) is 11.0. The van der Waals surface area contributed by atoms with Crippen LogP contribution in [-0.4, -0.2) is 23.8 Å². The highest BCUT2D eigenvalue weighted by Crippen LogP contribution is 2.32. The van der Waals surface area contributed by atoms with Crippen LogP contribution in [0.5, 0.6) is 11.5 Å². The van der Waals surface area contributed by atoms with Gasteiger partial charge in [-0.2, -0.15) is 5.10 Å². The van der Waals surface area contributed by atoms with Crippen molar-refractivity contribution in [1.82, 2.24) is 5.43 Å². The van der Waals surface area contributed by atoms with Gasteiger partial charge in [-0.05, 0) is 73.8 Å². The monoisotopic (exact) mass is 504 g/mol. The maximum atomic E-state index is 11.6. The normalized spacial score (nSPS) is 10.7. The zero-order valence-electron chi connectivity index (χ0n) is 11.6. The number of halogens is 3. The molecule has 0 bridgehead atoms. The number of ether oxygens (including phenoxy) is 1. The molecule has 0 aliphatic rings. The highest BCUT2D eigenvalue weighted by atomic mass is 79.9. The number of phenolic OH excluding ortho intramolecular Hbond substituents is 1.